The van der Waals surface area contributed by atoms with Crippen molar-refractivity contribution < 1.29 is 9.64 Å². The van der Waals surface area contributed by atoms with Crippen LogP contribution in [0.25, 0.3) is 0 Å². The van der Waals surface area contributed by atoms with E-state index < -0.39 is 0 Å². The second kappa shape index (κ2) is 4.14. The van der Waals surface area contributed by atoms with E-state index in [0.29, 0.717) is 0 Å². The van der Waals surface area contributed by atoms with Crippen molar-refractivity contribution in [2.75, 3.05) is 38.4 Å². The number of thioether (sulfide) groups is 1. The summed E-state index contributed by atoms with van der Waals surface area (Å²) in [6.07, 6.45) is 0. The summed E-state index contributed by atoms with van der Waals surface area (Å²) in [6.45, 7) is 3.44. The maximum atomic E-state index is 5.04. The number of methoxy groups -OCH3 is 1. The summed E-state index contributed by atoms with van der Waals surface area (Å²) >= 11 is 2.05. The average Bonchev–Trinajstić information content (AvgIpc) is 1.91. The molecular weight excluding hydrogens is 134 g/mol. The zero-order valence-corrected chi connectivity index (χ0v) is 6.67. The van der Waals surface area contributed by atoms with Crippen molar-refractivity contribution in [1.29, 1.82) is 0 Å². The van der Waals surface area contributed by atoms with E-state index in [4.69, 9.17) is 4.74 Å². The molecule has 0 aliphatic carbocycles. The van der Waals surface area contributed by atoms with Crippen molar-refractivity contribution in [3.8, 4) is 0 Å². The first kappa shape index (κ1) is 7.38. The van der Waals surface area contributed by atoms with Crippen LogP contribution in [0, 0.1) is 0 Å². The van der Waals surface area contributed by atoms with Crippen LogP contribution in [-0.2, 0) is 4.74 Å². The van der Waals surface area contributed by atoms with Crippen LogP contribution < -0.4 is 4.90 Å². The quantitative estimate of drug-likeness (QED) is 0.552. The van der Waals surface area contributed by atoms with Gasteiger partial charge in [0.25, 0.3) is 0 Å². The minimum atomic E-state index is 0.889. The number of hydrogen-bond acceptors (Lipinski definition) is 2. The third-order valence-corrected chi connectivity index (χ3v) is 2.53. The first-order chi connectivity index (χ1) is 4.43. The summed E-state index contributed by atoms with van der Waals surface area (Å²) < 4.78 is 5.04. The van der Waals surface area contributed by atoms with Gasteiger partial charge in [0.05, 0.1) is 13.1 Å². The van der Waals surface area contributed by atoms with Gasteiger partial charge in [-0.2, -0.15) is 11.8 Å². The van der Waals surface area contributed by atoms with E-state index in [1.807, 2.05) is 11.8 Å². The van der Waals surface area contributed by atoms with E-state index in [1.54, 1.807) is 12.0 Å². The first-order valence-electron chi connectivity index (χ1n) is 3.33. The summed E-state index contributed by atoms with van der Waals surface area (Å²) in [5.41, 5.74) is 0. The molecule has 0 unspecified atom stereocenters. The van der Waals surface area contributed by atoms with Crippen LogP contribution in [0.2, 0.25) is 0 Å². The lowest BCUT2D eigenvalue weighted by Crippen LogP contribution is -3.13. The second-order valence-electron chi connectivity index (χ2n) is 2.30. The van der Waals surface area contributed by atoms with Gasteiger partial charge in [0.1, 0.15) is 0 Å². The Labute approximate surface area is 60.6 Å². The molecule has 1 saturated heterocycles. The Hall–Kier alpha value is 0.270. The van der Waals surface area contributed by atoms with Gasteiger partial charge in [-0.3, -0.25) is 0 Å². The molecule has 0 saturated carbocycles. The molecule has 0 aromatic carbocycles. The highest BCUT2D eigenvalue weighted by Gasteiger charge is 2.11. The monoisotopic (exact) mass is 148 g/mol. The van der Waals surface area contributed by atoms with Gasteiger partial charge in [-0.1, -0.05) is 0 Å². The fourth-order valence-electron chi connectivity index (χ4n) is 1.01. The van der Waals surface area contributed by atoms with Crippen molar-refractivity contribution >= 4 is 11.8 Å². The van der Waals surface area contributed by atoms with E-state index in [-0.39, 0.29) is 0 Å². The molecule has 1 heterocycles. The highest BCUT2D eigenvalue weighted by Crippen LogP contribution is 1.97. The van der Waals surface area contributed by atoms with Gasteiger partial charge >= 0.3 is 0 Å². The lowest BCUT2D eigenvalue weighted by Gasteiger charge is -2.21. The molecule has 0 amide bonds. The maximum absolute atomic E-state index is 5.04. The molecule has 1 rings (SSSR count). The SMILES string of the molecule is COC[NH+]1CCSCC1. The van der Waals surface area contributed by atoms with Crippen LogP contribution in [0.3, 0.4) is 0 Å². The minimum absolute atomic E-state index is 0.889. The van der Waals surface area contributed by atoms with Gasteiger partial charge in [-0.05, 0) is 0 Å². The minimum Gasteiger partial charge on any atom is -0.335 e. The summed E-state index contributed by atoms with van der Waals surface area (Å²) in [6, 6.07) is 0. The van der Waals surface area contributed by atoms with Gasteiger partial charge in [0.15, 0.2) is 6.73 Å². The number of nitrogens with one attached hydrogen (secondary N) is 1. The Balaban J connectivity index is 2.08. The molecule has 1 N–H and O–H groups in total. The highest BCUT2D eigenvalue weighted by molar-refractivity contribution is 7.99. The summed E-state index contributed by atoms with van der Waals surface area (Å²) in [7, 11) is 1.77. The Bertz CT molecular complexity index is 70.7. The number of rotatable bonds is 2. The van der Waals surface area contributed by atoms with Crippen molar-refractivity contribution in [2.24, 2.45) is 0 Å². The van der Waals surface area contributed by atoms with Gasteiger partial charge in [-0.15, -0.1) is 0 Å². The molecule has 1 aliphatic heterocycles. The standard InChI is InChI=1S/C6H13NOS/c1-8-6-7-2-4-9-5-3-7/h2-6H2,1H3/p+1. The van der Waals surface area contributed by atoms with Crippen LogP contribution in [0.15, 0.2) is 0 Å². The molecule has 1 aliphatic rings. The van der Waals surface area contributed by atoms with Crippen LogP contribution in [0.4, 0.5) is 0 Å². The maximum Gasteiger partial charge on any atom is 0.181 e. The number of hydrogen-bond donors (Lipinski definition) is 1. The molecule has 54 valence electrons. The van der Waals surface area contributed by atoms with Crippen LogP contribution in [-0.4, -0.2) is 38.4 Å². The molecular formula is C6H14NOS+. The highest BCUT2D eigenvalue weighted by atomic mass is 32.2. The molecule has 1 fully saturated rings. The second-order valence-corrected chi connectivity index (χ2v) is 3.52. The van der Waals surface area contributed by atoms with E-state index in [2.05, 4.69) is 0 Å². The van der Waals surface area contributed by atoms with E-state index in [9.17, 15) is 0 Å². The first-order valence-corrected chi connectivity index (χ1v) is 4.49. The number of quaternary nitrogens is 1. The van der Waals surface area contributed by atoms with Gasteiger partial charge in [0.2, 0.25) is 0 Å². The molecule has 3 heteroatoms. The lowest BCUT2D eigenvalue weighted by molar-refractivity contribution is -0.915. The normalized spacial score (nSPS) is 22.3. The topological polar surface area (TPSA) is 13.7 Å². The van der Waals surface area contributed by atoms with Crippen LogP contribution in [0.5, 0.6) is 0 Å². The van der Waals surface area contributed by atoms with Gasteiger partial charge in [0, 0.05) is 18.6 Å². The zero-order valence-electron chi connectivity index (χ0n) is 5.85. The van der Waals surface area contributed by atoms with Crippen LogP contribution in [0.1, 0.15) is 0 Å². The number of ether oxygens (including phenoxy) is 1. The summed E-state index contributed by atoms with van der Waals surface area (Å²) in [4.78, 5) is 1.59. The van der Waals surface area contributed by atoms with E-state index >= 15 is 0 Å². The average molecular weight is 148 g/mol. The van der Waals surface area contributed by atoms with Crippen molar-refractivity contribution in [3.63, 3.8) is 0 Å². The van der Waals surface area contributed by atoms with Gasteiger partial charge in [-0.25, -0.2) is 0 Å². The Morgan fingerprint density at radius 1 is 1.44 bits per heavy atom. The van der Waals surface area contributed by atoms with Crippen molar-refractivity contribution in [3.05, 3.63) is 0 Å². The molecule has 2 nitrogen and oxygen atoms in total. The lowest BCUT2D eigenvalue weighted by atomic mass is 10.5. The summed E-state index contributed by atoms with van der Waals surface area (Å²) in [5.74, 6) is 2.61. The Kier molecular flexibility index (Phi) is 3.40. The molecule has 0 radical (unpaired) electrons. The van der Waals surface area contributed by atoms with Crippen molar-refractivity contribution in [2.45, 2.75) is 0 Å². The molecule has 0 aromatic heterocycles. The molecule has 0 spiro atoms. The smallest absolute Gasteiger partial charge is 0.181 e. The molecule has 9 heavy (non-hydrogen) atoms. The predicted molar refractivity (Wildman–Crippen MR) is 39.9 cm³/mol. The fraction of sp³-hybridized carbons (Fsp3) is 1.00. The van der Waals surface area contributed by atoms with E-state index in [0.717, 1.165) is 6.73 Å². The van der Waals surface area contributed by atoms with Crippen molar-refractivity contribution in [1.82, 2.24) is 0 Å². The zero-order chi connectivity index (χ0) is 6.53. The van der Waals surface area contributed by atoms with Gasteiger partial charge < -0.3 is 9.64 Å². The third-order valence-electron chi connectivity index (χ3n) is 1.55. The fourth-order valence-corrected chi connectivity index (χ4v) is 2.08. The predicted octanol–water partition coefficient (Wildman–Crippen LogP) is -0.778. The van der Waals surface area contributed by atoms with E-state index in [1.165, 1.54) is 24.6 Å². The largest absolute Gasteiger partial charge is 0.335 e. The Morgan fingerprint density at radius 2 is 2.11 bits per heavy atom. The summed E-state index contributed by atoms with van der Waals surface area (Å²) in [5, 5.41) is 0. The molecule has 0 bridgehead atoms. The Morgan fingerprint density at radius 3 is 2.67 bits per heavy atom. The molecule has 0 atom stereocenters. The molecule has 0 aromatic rings. The third kappa shape index (κ3) is 2.56. The van der Waals surface area contributed by atoms with Crippen LogP contribution >= 0.6 is 11.8 Å².